The van der Waals surface area contributed by atoms with E-state index >= 15 is 0 Å². The van der Waals surface area contributed by atoms with Crippen molar-refractivity contribution >= 4 is 0 Å². The van der Waals surface area contributed by atoms with E-state index in [0.29, 0.717) is 5.56 Å². The predicted molar refractivity (Wildman–Crippen MR) is 49.1 cm³/mol. The van der Waals surface area contributed by atoms with Gasteiger partial charge in [0.25, 0.3) is 0 Å². The lowest BCUT2D eigenvalue weighted by atomic mass is 10.1. The highest BCUT2D eigenvalue weighted by molar-refractivity contribution is 5.30. The first-order valence-electron chi connectivity index (χ1n) is 4.14. The summed E-state index contributed by atoms with van der Waals surface area (Å²) < 4.78 is 27.9. The van der Waals surface area contributed by atoms with Crippen LogP contribution in [0.25, 0.3) is 0 Å². The Balaban J connectivity index is 2.78. The molecule has 0 spiro atoms. The Morgan fingerprint density at radius 2 is 2.07 bits per heavy atom. The molecule has 78 valence electrons. The highest BCUT2D eigenvalue weighted by Crippen LogP contribution is 2.18. The molecular weight excluding hydrogens is 190 g/mol. The largest absolute Gasteiger partial charge is 0.435 e. The van der Waals surface area contributed by atoms with Gasteiger partial charge in [-0.2, -0.15) is 8.78 Å². The second kappa shape index (κ2) is 4.88. The zero-order chi connectivity index (χ0) is 10.6. The fourth-order valence-electron chi connectivity index (χ4n) is 1.06. The van der Waals surface area contributed by atoms with E-state index in [1.165, 1.54) is 12.1 Å². The fourth-order valence-corrected chi connectivity index (χ4v) is 1.06. The van der Waals surface area contributed by atoms with Crippen molar-refractivity contribution in [3.63, 3.8) is 0 Å². The van der Waals surface area contributed by atoms with E-state index in [1.54, 1.807) is 12.1 Å². The molecule has 1 aromatic carbocycles. The number of nitrogens with two attached hydrogens (primary N) is 2. The van der Waals surface area contributed by atoms with Gasteiger partial charge in [0.2, 0.25) is 0 Å². The molecule has 1 unspecified atom stereocenters. The molecule has 3 nitrogen and oxygen atoms in total. The lowest BCUT2D eigenvalue weighted by Crippen LogP contribution is -2.20. The van der Waals surface area contributed by atoms with Crippen molar-refractivity contribution < 1.29 is 13.5 Å². The SMILES string of the molecule is NCC(N)c1cccc(OC(F)F)c1. The predicted octanol–water partition coefficient (Wildman–Crippen LogP) is 1.25. The molecule has 0 aromatic heterocycles. The fraction of sp³-hybridized carbons (Fsp3) is 0.333. The zero-order valence-electron chi connectivity index (χ0n) is 7.49. The van der Waals surface area contributed by atoms with Gasteiger partial charge >= 0.3 is 6.61 Å². The molecule has 0 fully saturated rings. The smallest absolute Gasteiger partial charge is 0.387 e. The maximum absolute atomic E-state index is 11.9. The van der Waals surface area contributed by atoms with Gasteiger partial charge in [-0.1, -0.05) is 12.1 Å². The third-order valence-electron chi connectivity index (χ3n) is 1.77. The van der Waals surface area contributed by atoms with Crippen molar-refractivity contribution in [2.45, 2.75) is 12.7 Å². The van der Waals surface area contributed by atoms with Crippen molar-refractivity contribution in [3.8, 4) is 5.75 Å². The number of halogens is 2. The summed E-state index contributed by atoms with van der Waals surface area (Å²) >= 11 is 0. The van der Waals surface area contributed by atoms with E-state index < -0.39 is 6.61 Å². The Bertz CT molecular complexity index is 294. The van der Waals surface area contributed by atoms with Crippen molar-refractivity contribution in [3.05, 3.63) is 29.8 Å². The quantitative estimate of drug-likeness (QED) is 0.772. The summed E-state index contributed by atoms with van der Waals surface area (Å²) in [6, 6.07) is 5.87. The molecule has 1 atom stereocenters. The highest BCUT2D eigenvalue weighted by Gasteiger charge is 2.07. The van der Waals surface area contributed by atoms with E-state index in [9.17, 15) is 8.78 Å². The summed E-state index contributed by atoms with van der Waals surface area (Å²) in [5.41, 5.74) is 11.7. The van der Waals surface area contributed by atoms with E-state index in [-0.39, 0.29) is 18.3 Å². The molecule has 1 rings (SSSR count). The van der Waals surface area contributed by atoms with Gasteiger partial charge < -0.3 is 16.2 Å². The molecule has 0 aliphatic carbocycles. The molecule has 1 aromatic rings. The van der Waals surface area contributed by atoms with Gasteiger partial charge in [0.15, 0.2) is 0 Å². The van der Waals surface area contributed by atoms with Gasteiger partial charge in [-0.25, -0.2) is 0 Å². The van der Waals surface area contributed by atoms with Crippen LogP contribution < -0.4 is 16.2 Å². The zero-order valence-corrected chi connectivity index (χ0v) is 7.49. The lowest BCUT2D eigenvalue weighted by molar-refractivity contribution is -0.0498. The third-order valence-corrected chi connectivity index (χ3v) is 1.77. The topological polar surface area (TPSA) is 61.3 Å². The van der Waals surface area contributed by atoms with Crippen LogP contribution in [0.4, 0.5) is 8.78 Å². The van der Waals surface area contributed by atoms with Crippen LogP contribution >= 0.6 is 0 Å². The van der Waals surface area contributed by atoms with Crippen LogP contribution in [0.1, 0.15) is 11.6 Å². The van der Waals surface area contributed by atoms with Crippen LogP contribution in [0, 0.1) is 0 Å². The molecule has 0 heterocycles. The number of hydrogen-bond acceptors (Lipinski definition) is 3. The van der Waals surface area contributed by atoms with E-state index in [0.717, 1.165) is 0 Å². The van der Waals surface area contributed by atoms with Crippen molar-refractivity contribution in [2.75, 3.05) is 6.54 Å². The molecule has 0 aliphatic rings. The molecule has 0 amide bonds. The second-order valence-electron chi connectivity index (χ2n) is 2.79. The molecule has 0 aliphatic heterocycles. The van der Waals surface area contributed by atoms with Crippen molar-refractivity contribution in [1.29, 1.82) is 0 Å². The van der Waals surface area contributed by atoms with Crippen LogP contribution in [0.5, 0.6) is 5.75 Å². The minimum absolute atomic E-state index is 0.0985. The standard InChI is InChI=1S/C9H12F2N2O/c10-9(11)14-7-3-1-2-6(4-7)8(13)5-12/h1-4,8-9H,5,12-13H2. The van der Waals surface area contributed by atoms with Gasteiger partial charge in [0, 0.05) is 12.6 Å². The average molecular weight is 202 g/mol. The van der Waals surface area contributed by atoms with Crippen LogP contribution in [-0.2, 0) is 0 Å². The van der Waals surface area contributed by atoms with Crippen molar-refractivity contribution in [2.24, 2.45) is 11.5 Å². The minimum Gasteiger partial charge on any atom is -0.435 e. The summed E-state index contributed by atoms with van der Waals surface area (Å²) in [5.74, 6) is 0.0985. The Morgan fingerprint density at radius 1 is 1.36 bits per heavy atom. The molecule has 0 radical (unpaired) electrons. The van der Waals surface area contributed by atoms with Gasteiger partial charge in [-0.15, -0.1) is 0 Å². The molecule has 5 heteroatoms. The lowest BCUT2D eigenvalue weighted by Gasteiger charge is -2.11. The van der Waals surface area contributed by atoms with Crippen LogP contribution in [0.15, 0.2) is 24.3 Å². The van der Waals surface area contributed by atoms with Gasteiger partial charge in [0.05, 0.1) is 0 Å². The minimum atomic E-state index is -2.82. The summed E-state index contributed by atoms with van der Waals surface area (Å²) in [4.78, 5) is 0. The Labute approximate surface area is 80.7 Å². The molecule has 0 saturated heterocycles. The third kappa shape index (κ3) is 2.93. The Kier molecular flexibility index (Phi) is 3.79. The Morgan fingerprint density at radius 3 is 2.64 bits per heavy atom. The number of ether oxygens (including phenoxy) is 1. The van der Waals surface area contributed by atoms with Gasteiger partial charge in [-0.05, 0) is 17.7 Å². The monoisotopic (exact) mass is 202 g/mol. The average Bonchev–Trinajstić information content (AvgIpc) is 2.16. The first-order valence-corrected chi connectivity index (χ1v) is 4.14. The molecule has 0 saturated carbocycles. The molecule has 0 bridgehead atoms. The number of hydrogen-bond donors (Lipinski definition) is 2. The molecule has 4 N–H and O–H groups in total. The van der Waals surface area contributed by atoms with Crippen LogP contribution in [0.3, 0.4) is 0 Å². The second-order valence-corrected chi connectivity index (χ2v) is 2.79. The van der Waals surface area contributed by atoms with Gasteiger partial charge in [-0.3, -0.25) is 0 Å². The van der Waals surface area contributed by atoms with Crippen molar-refractivity contribution in [1.82, 2.24) is 0 Å². The number of alkyl halides is 2. The Hall–Kier alpha value is -1.20. The van der Waals surface area contributed by atoms with Crippen LogP contribution in [-0.4, -0.2) is 13.2 Å². The maximum Gasteiger partial charge on any atom is 0.387 e. The van der Waals surface area contributed by atoms with E-state index in [4.69, 9.17) is 11.5 Å². The normalized spacial score (nSPS) is 12.9. The molecule has 14 heavy (non-hydrogen) atoms. The number of benzene rings is 1. The summed E-state index contributed by atoms with van der Waals surface area (Å²) in [6.07, 6.45) is 0. The summed E-state index contributed by atoms with van der Waals surface area (Å²) in [6.45, 7) is -2.56. The summed E-state index contributed by atoms with van der Waals surface area (Å²) in [5, 5.41) is 0. The van der Waals surface area contributed by atoms with Gasteiger partial charge in [0.1, 0.15) is 5.75 Å². The number of rotatable bonds is 4. The first kappa shape index (κ1) is 10.9. The van der Waals surface area contributed by atoms with Crippen LogP contribution in [0.2, 0.25) is 0 Å². The molecular formula is C9H12F2N2O. The maximum atomic E-state index is 11.9. The van der Waals surface area contributed by atoms with E-state index in [2.05, 4.69) is 4.74 Å². The summed E-state index contributed by atoms with van der Waals surface area (Å²) in [7, 11) is 0. The first-order chi connectivity index (χ1) is 6.63. The highest BCUT2D eigenvalue weighted by atomic mass is 19.3. The van der Waals surface area contributed by atoms with E-state index in [1.807, 2.05) is 0 Å².